The Balaban J connectivity index is 2.14. The van der Waals surface area contributed by atoms with Crippen LogP contribution >= 0.6 is 23.2 Å². The van der Waals surface area contributed by atoms with Gasteiger partial charge < -0.3 is 5.73 Å². The van der Waals surface area contributed by atoms with E-state index in [1.165, 1.54) is 12.1 Å². The van der Waals surface area contributed by atoms with Crippen LogP contribution < -0.4 is 16.6 Å². The first kappa shape index (κ1) is 15.7. The number of nitrogens with one attached hydrogen (secondary N) is 2. The maximum Gasteiger partial charge on any atom is 0.288 e. The highest BCUT2D eigenvalue weighted by molar-refractivity contribution is 6.33. The number of hydrogen-bond acceptors (Lipinski definition) is 7. The van der Waals surface area contributed by atoms with Crippen LogP contribution in [0.5, 0.6) is 0 Å². The molecule has 0 fully saturated rings. The lowest BCUT2D eigenvalue weighted by atomic mass is 10.2. The number of carbonyl (C=O) groups is 1. The smallest absolute Gasteiger partial charge is 0.288 e. The van der Waals surface area contributed by atoms with Gasteiger partial charge in [0.1, 0.15) is 17.0 Å². The van der Waals surface area contributed by atoms with Crippen molar-refractivity contribution in [1.29, 1.82) is 0 Å². The zero-order chi connectivity index (χ0) is 16.3. The van der Waals surface area contributed by atoms with E-state index >= 15 is 0 Å². The number of amides is 1. The van der Waals surface area contributed by atoms with Gasteiger partial charge in [-0.05, 0) is 12.1 Å². The lowest BCUT2D eigenvalue weighted by molar-refractivity contribution is -0.384. The van der Waals surface area contributed by atoms with Crippen LogP contribution in [0.4, 0.5) is 17.2 Å². The molecule has 0 aliphatic carbocycles. The van der Waals surface area contributed by atoms with Crippen molar-refractivity contribution in [2.45, 2.75) is 0 Å². The number of rotatable bonds is 4. The number of hydrogen-bond donors (Lipinski definition) is 3. The van der Waals surface area contributed by atoms with E-state index in [9.17, 15) is 14.9 Å². The van der Waals surface area contributed by atoms with Crippen molar-refractivity contribution < 1.29 is 9.72 Å². The summed E-state index contributed by atoms with van der Waals surface area (Å²) in [6.45, 7) is 0. The Hall–Kier alpha value is -2.65. The number of nitro groups is 1. The molecular formula is C11H8Cl2N6O3. The molecule has 0 bridgehead atoms. The number of nitrogens with zero attached hydrogens (tertiary/aromatic N) is 3. The summed E-state index contributed by atoms with van der Waals surface area (Å²) in [6.07, 6.45) is 1.15. The molecule has 11 heteroatoms. The Morgan fingerprint density at radius 2 is 2.05 bits per heavy atom. The van der Waals surface area contributed by atoms with Crippen LogP contribution in [0.15, 0.2) is 24.5 Å². The summed E-state index contributed by atoms with van der Waals surface area (Å²) >= 11 is 11.4. The maximum atomic E-state index is 11.9. The standard InChI is InChI=1S/C11H8Cl2N6O3/c12-6-2-1-5(3-7(6)19(21)22)11(20)18-17-10-8(14)9(13)15-4-16-10/h1-4H,14H2,(H,18,20)(H,15,16,17). The largest absolute Gasteiger partial charge is 0.393 e. The van der Waals surface area contributed by atoms with Gasteiger partial charge in [-0.1, -0.05) is 23.2 Å². The summed E-state index contributed by atoms with van der Waals surface area (Å²) in [6, 6.07) is 3.64. The van der Waals surface area contributed by atoms with Crippen molar-refractivity contribution >= 4 is 46.3 Å². The number of carbonyl (C=O) groups excluding carboxylic acids is 1. The fourth-order valence-corrected chi connectivity index (χ4v) is 1.78. The molecule has 1 aromatic carbocycles. The summed E-state index contributed by atoms with van der Waals surface area (Å²) in [7, 11) is 0. The topological polar surface area (TPSA) is 136 Å². The van der Waals surface area contributed by atoms with Gasteiger partial charge in [0.2, 0.25) is 0 Å². The van der Waals surface area contributed by atoms with Crippen molar-refractivity contribution in [2.24, 2.45) is 0 Å². The fraction of sp³-hybridized carbons (Fsp3) is 0. The molecule has 0 atom stereocenters. The predicted molar refractivity (Wildman–Crippen MR) is 80.6 cm³/mol. The van der Waals surface area contributed by atoms with Crippen LogP contribution in [-0.2, 0) is 0 Å². The average molecular weight is 343 g/mol. The van der Waals surface area contributed by atoms with Gasteiger partial charge in [0.25, 0.3) is 11.6 Å². The summed E-state index contributed by atoms with van der Waals surface area (Å²) in [5, 5.41) is 10.7. The monoisotopic (exact) mass is 342 g/mol. The van der Waals surface area contributed by atoms with Gasteiger partial charge in [-0.15, -0.1) is 0 Å². The molecule has 1 aromatic heterocycles. The van der Waals surface area contributed by atoms with Gasteiger partial charge in [0.15, 0.2) is 11.0 Å². The van der Waals surface area contributed by atoms with Crippen molar-refractivity contribution in [2.75, 3.05) is 11.2 Å². The van der Waals surface area contributed by atoms with Gasteiger partial charge in [-0.3, -0.25) is 25.8 Å². The third-order valence-electron chi connectivity index (χ3n) is 2.53. The Morgan fingerprint density at radius 1 is 1.32 bits per heavy atom. The molecule has 0 saturated heterocycles. The number of nitrogen functional groups attached to an aromatic ring is 1. The molecule has 9 nitrogen and oxygen atoms in total. The van der Waals surface area contributed by atoms with E-state index in [0.29, 0.717) is 0 Å². The van der Waals surface area contributed by atoms with Crippen LogP contribution in [-0.4, -0.2) is 20.8 Å². The molecule has 0 unspecified atom stereocenters. The molecule has 0 saturated carbocycles. The maximum absolute atomic E-state index is 11.9. The van der Waals surface area contributed by atoms with Crippen LogP contribution in [0.25, 0.3) is 0 Å². The first-order valence-corrected chi connectivity index (χ1v) is 6.42. The van der Waals surface area contributed by atoms with E-state index < -0.39 is 10.8 Å². The zero-order valence-corrected chi connectivity index (χ0v) is 12.2. The second kappa shape index (κ2) is 6.41. The second-order valence-electron chi connectivity index (χ2n) is 3.93. The first-order valence-electron chi connectivity index (χ1n) is 5.66. The third-order valence-corrected chi connectivity index (χ3v) is 3.16. The zero-order valence-electron chi connectivity index (χ0n) is 10.7. The number of nitro benzene ring substituents is 1. The molecule has 22 heavy (non-hydrogen) atoms. The number of benzene rings is 1. The van der Waals surface area contributed by atoms with Crippen molar-refractivity contribution in [3.05, 3.63) is 50.4 Å². The molecule has 1 amide bonds. The molecule has 0 aliphatic heterocycles. The average Bonchev–Trinajstić information content (AvgIpc) is 2.48. The highest BCUT2D eigenvalue weighted by Crippen LogP contribution is 2.25. The Labute approximate surface area is 133 Å². The van der Waals surface area contributed by atoms with Crippen molar-refractivity contribution in [3.8, 4) is 0 Å². The van der Waals surface area contributed by atoms with Crippen LogP contribution in [0, 0.1) is 10.1 Å². The number of aromatic nitrogens is 2. The third kappa shape index (κ3) is 3.32. The van der Waals surface area contributed by atoms with Gasteiger partial charge in [0, 0.05) is 11.6 Å². The van der Waals surface area contributed by atoms with Gasteiger partial charge >= 0.3 is 0 Å². The molecular weight excluding hydrogens is 335 g/mol. The molecule has 4 N–H and O–H groups in total. The van der Waals surface area contributed by atoms with Crippen LogP contribution in [0.3, 0.4) is 0 Å². The molecule has 1 heterocycles. The molecule has 2 aromatic rings. The van der Waals surface area contributed by atoms with Gasteiger partial charge in [0.05, 0.1) is 4.92 Å². The highest BCUT2D eigenvalue weighted by atomic mass is 35.5. The van der Waals surface area contributed by atoms with Crippen molar-refractivity contribution in [1.82, 2.24) is 15.4 Å². The van der Waals surface area contributed by atoms with E-state index in [1.54, 1.807) is 0 Å². The van der Waals surface area contributed by atoms with E-state index in [4.69, 9.17) is 28.9 Å². The minimum absolute atomic E-state index is 0.0221. The van der Waals surface area contributed by atoms with E-state index in [2.05, 4.69) is 20.8 Å². The van der Waals surface area contributed by atoms with Crippen LogP contribution in [0.2, 0.25) is 10.2 Å². The van der Waals surface area contributed by atoms with Crippen LogP contribution in [0.1, 0.15) is 10.4 Å². The molecule has 114 valence electrons. The van der Waals surface area contributed by atoms with E-state index in [1.807, 2.05) is 0 Å². The Bertz CT molecular complexity index is 755. The minimum atomic E-state index is -0.686. The van der Waals surface area contributed by atoms with Gasteiger partial charge in [-0.25, -0.2) is 9.97 Å². The molecule has 0 spiro atoms. The quantitative estimate of drug-likeness (QED) is 0.439. The Morgan fingerprint density at radius 3 is 2.73 bits per heavy atom. The minimum Gasteiger partial charge on any atom is -0.393 e. The molecule has 2 rings (SSSR count). The fourth-order valence-electron chi connectivity index (χ4n) is 1.46. The number of nitrogens with two attached hydrogens (primary N) is 1. The lowest BCUT2D eigenvalue weighted by Gasteiger charge is -2.10. The SMILES string of the molecule is Nc1c(Cl)ncnc1NNC(=O)c1ccc(Cl)c([N+](=O)[O-])c1. The van der Waals surface area contributed by atoms with Gasteiger partial charge in [-0.2, -0.15) is 0 Å². The summed E-state index contributed by atoms with van der Waals surface area (Å²) < 4.78 is 0. The lowest BCUT2D eigenvalue weighted by Crippen LogP contribution is -2.30. The summed E-state index contributed by atoms with van der Waals surface area (Å²) in [5.74, 6) is -0.550. The predicted octanol–water partition coefficient (Wildman–Crippen LogP) is 2.03. The van der Waals surface area contributed by atoms with E-state index in [-0.39, 0.29) is 32.9 Å². The second-order valence-corrected chi connectivity index (χ2v) is 4.69. The highest BCUT2D eigenvalue weighted by Gasteiger charge is 2.16. The van der Waals surface area contributed by atoms with Crippen molar-refractivity contribution in [3.63, 3.8) is 0 Å². The number of halogens is 2. The molecule has 0 radical (unpaired) electrons. The number of hydrazine groups is 1. The van der Waals surface area contributed by atoms with E-state index in [0.717, 1.165) is 12.4 Å². The normalized spacial score (nSPS) is 10.1. The molecule has 0 aliphatic rings. The summed E-state index contributed by atoms with van der Waals surface area (Å²) in [5.41, 5.74) is 10.1. The Kier molecular flexibility index (Phi) is 4.59. The summed E-state index contributed by atoms with van der Waals surface area (Å²) in [4.78, 5) is 29.5. The first-order chi connectivity index (χ1) is 10.4. The number of anilines is 2.